The van der Waals surface area contributed by atoms with Crippen LogP contribution in [0.4, 0.5) is 0 Å². The monoisotopic (exact) mass is 438 g/mol. The van der Waals surface area contributed by atoms with Crippen LogP contribution in [0.2, 0.25) is 0 Å². The number of hydrogen-bond acceptors (Lipinski definition) is 0. The van der Waals surface area contributed by atoms with E-state index in [-0.39, 0.29) is 5.41 Å². The zero-order valence-corrected chi connectivity index (χ0v) is 22.8. The zero-order chi connectivity index (χ0) is 24.5. The van der Waals surface area contributed by atoms with Gasteiger partial charge in [-0.05, 0) is 86.9 Å². The molecule has 0 spiro atoms. The number of hydrogen-bond donors (Lipinski definition) is 0. The van der Waals surface area contributed by atoms with Crippen LogP contribution in [0.15, 0.2) is 61.3 Å². The SMILES string of the molecule is C=CC(C)(/C=C/C(C)CC[C@H]1C(=C)CC[C@H](C)C1(C)C)CCC(C)/C=C/CC(C)C(=C)C. The molecule has 6 atom stereocenters. The minimum atomic E-state index is 0.0730. The Balaban J connectivity index is 2.56. The molecule has 1 saturated carbocycles. The molecular formula is C32H54. The van der Waals surface area contributed by atoms with Gasteiger partial charge in [-0.1, -0.05) is 103 Å². The van der Waals surface area contributed by atoms with E-state index < -0.39 is 0 Å². The van der Waals surface area contributed by atoms with Crippen LogP contribution >= 0.6 is 0 Å². The molecule has 4 unspecified atom stereocenters. The molecule has 0 radical (unpaired) electrons. The summed E-state index contributed by atoms with van der Waals surface area (Å²) in [6, 6.07) is 0. The maximum absolute atomic E-state index is 4.44. The first-order valence-electron chi connectivity index (χ1n) is 13.1. The minimum Gasteiger partial charge on any atom is -0.102 e. The van der Waals surface area contributed by atoms with Crippen LogP contribution in [-0.2, 0) is 0 Å². The van der Waals surface area contributed by atoms with Crippen LogP contribution in [0.25, 0.3) is 0 Å². The standard InChI is InChI=1S/C32H54/c1-12-32(11,22-20-25(4)14-13-15-27(6)24(2)3)23-21-26(5)16-19-30-28(7)17-18-29(8)31(30,9)10/h12-14,21,23,25-27,29-30H,1-2,7,15-20,22H2,3-6,8-11H3/b14-13+,23-21+/t25?,26?,27?,29-,30-,32?/m0/s1. The summed E-state index contributed by atoms with van der Waals surface area (Å²) in [5.74, 6) is 3.21. The Morgan fingerprint density at radius 3 is 2.38 bits per heavy atom. The Labute approximate surface area is 202 Å². The maximum atomic E-state index is 4.44. The van der Waals surface area contributed by atoms with Crippen molar-refractivity contribution in [2.75, 3.05) is 0 Å². The Hall–Kier alpha value is -1.30. The summed E-state index contributed by atoms with van der Waals surface area (Å²) in [7, 11) is 0. The van der Waals surface area contributed by atoms with Gasteiger partial charge in [0.1, 0.15) is 0 Å². The molecule has 0 aromatic carbocycles. The quantitative estimate of drug-likeness (QED) is 0.251. The van der Waals surface area contributed by atoms with Crippen molar-refractivity contribution in [3.8, 4) is 0 Å². The van der Waals surface area contributed by atoms with Crippen molar-refractivity contribution in [3.63, 3.8) is 0 Å². The Morgan fingerprint density at radius 2 is 1.78 bits per heavy atom. The molecule has 0 N–H and O–H groups in total. The average molecular weight is 439 g/mol. The van der Waals surface area contributed by atoms with Crippen LogP contribution in [0, 0.1) is 40.4 Å². The molecule has 0 saturated heterocycles. The zero-order valence-electron chi connectivity index (χ0n) is 22.8. The molecule has 1 aliphatic carbocycles. The Bertz CT molecular complexity index is 672. The van der Waals surface area contributed by atoms with Gasteiger partial charge in [-0.25, -0.2) is 0 Å². The van der Waals surface area contributed by atoms with Crippen molar-refractivity contribution < 1.29 is 0 Å². The lowest BCUT2D eigenvalue weighted by molar-refractivity contribution is 0.103. The fourth-order valence-corrected chi connectivity index (χ4v) is 4.91. The molecular weight excluding hydrogens is 384 g/mol. The van der Waals surface area contributed by atoms with Crippen molar-refractivity contribution in [1.82, 2.24) is 0 Å². The summed E-state index contributed by atoms with van der Waals surface area (Å²) in [5.41, 5.74) is 3.20. The largest absolute Gasteiger partial charge is 0.102 e. The van der Waals surface area contributed by atoms with Crippen molar-refractivity contribution in [1.29, 1.82) is 0 Å². The van der Waals surface area contributed by atoms with Gasteiger partial charge in [0.05, 0.1) is 0 Å². The molecule has 0 aliphatic heterocycles. The first kappa shape index (κ1) is 28.7. The van der Waals surface area contributed by atoms with Crippen molar-refractivity contribution in [2.45, 2.75) is 100 Å². The lowest BCUT2D eigenvalue weighted by Gasteiger charge is -2.45. The fraction of sp³-hybridized carbons (Fsp3) is 0.688. The summed E-state index contributed by atoms with van der Waals surface area (Å²) in [6.45, 7) is 31.4. The third-order valence-electron chi connectivity index (χ3n) is 8.68. The van der Waals surface area contributed by atoms with Gasteiger partial charge in [0, 0.05) is 5.41 Å². The first-order chi connectivity index (χ1) is 14.8. The van der Waals surface area contributed by atoms with E-state index in [1.165, 1.54) is 43.3 Å². The predicted octanol–water partition coefficient (Wildman–Crippen LogP) is 10.4. The van der Waals surface area contributed by atoms with E-state index in [4.69, 9.17) is 0 Å². The molecule has 0 heteroatoms. The highest BCUT2D eigenvalue weighted by molar-refractivity contribution is 5.12. The molecule has 0 heterocycles. The van der Waals surface area contributed by atoms with Gasteiger partial charge in [0.25, 0.3) is 0 Å². The second kappa shape index (κ2) is 12.8. The van der Waals surface area contributed by atoms with E-state index in [0.717, 1.165) is 18.8 Å². The van der Waals surface area contributed by atoms with E-state index in [2.05, 4.69) is 106 Å². The molecule has 1 fully saturated rings. The second-order valence-corrected chi connectivity index (χ2v) is 12.0. The Morgan fingerprint density at radius 1 is 1.16 bits per heavy atom. The highest BCUT2D eigenvalue weighted by Crippen LogP contribution is 2.49. The smallest absolute Gasteiger partial charge is 0.00303 e. The molecule has 0 aromatic heterocycles. The predicted molar refractivity (Wildman–Crippen MR) is 147 cm³/mol. The summed E-state index contributed by atoms with van der Waals surface area (Å²) in [6.07, 6.45) is 20.2. The number of allylic oxidation sites excluding steroid dienone is 7. The molecule has 32 heavy (non-hydrogen) atoms. The molecule has 0 aromatic rings. The molecule has 0 bridgehead atoms. The summed E-state index contributed by atoms with van der Waals surface area (Å²) in [5, 5.41) is 0. The van der Waals surface area contributed by atoms with E-state index >= 15 is 0 Å². The Kier molecular flexibility index (Phi) is 11.5. The van der Waals surface area contributed by atoms with Crippen molar-refractivity contribution >= 4 is 0 Å². The van der Waals surface area contributed by atoms with Gasteiger partial charge in [0.15, 0.2) is 0 Å². The molecule has 0 nitrogen and oxygen atoms in total. The van der Waals surface area contributed by atoms with E-state index in [9.17, 15) is 0 Å². The summed E-state index contributed by atoms with van der Waals surface area (Å²) >= 11 is 0. The van der Waals surface area contributed by atoms with E-state index in [1.807, 2.05) is 0 Å². The van der Waals surface area contributed by atoms with Crippen LogP contribution in [0.3, 0.4) is 0 Å². The van der Waals surface area contributed by atoms with Crippen LogP contribution < -0.4 is 0 Å². The van der Waals surface area contributed by atoms with E-state index in [1.54, 1.807) is 0 Å². The van der Waals surface area contributed by atoms with Gasteiger partial charge < -0.3 is 0 Å². The molecule has 0 amide bonds. The molecule has 182 valence electrons. The van der Waals surface area contributed by atoms with Crippen LogP contribution in [-0.4, -0.2) is 0 Å². The van der Waals surface area contributed by atoms with Gasteiger partial charge in [-0.3, -0.25) is 0 Å². The van der Waals surface area contributed by atoms with Crippen molar-refractivity contribution in [3.05, 3.63) is 61.3 Å². The maximum Gasteiger partial charge on any atom is 0.00303 e. The topological polar surface area (TPSA) is 0 Å². The molecule has 1 rings (SSSR count). The van der Waals surface area contributed by atoms with Crippen LogP contribution in [0.1, 0.15) is 100 Å². The third kappa shape index (κ3) is 8.92. The molecule has 1 aliphatic rings. The van der Waals surface area contributed by atoms with Gasteiger partial charge in [0.2, 0.25) is 0 Å². The lowest BCUT2D eigenvalue weighted by Crippen LogP contribution is -2.36. The van der Waals surface area contributed by atoms with Gasteiger partial charge in [-0.15, -0.1) is 6.58 Å². The average Bonchev–Trinajstić information content (AvgIpc) is 2.73. The van der Waals surface area contributed by atoms with E-state index in [0.29, 0.717) is 29.1 Å². The van der Waals surface area contributed by atoms with Gasteiger partial charge >= 0.3 is 0 Å². The summed E-state index contributed by atoms with van der Waals surface area (Å²) < 4.78 is 0. The number of rotatable bonds is 13. The van der Waals surface area contributed by atoms with Gasteiger partial charge in [-0.2, -0.15) is 0 Å². The minimum absolute atomic E-state index is 0.0730. The van der Waals surface area contributed by atoms with Crippen LogP contribution in [0.5, 0.6) is 0 Å². The van der Waals surface area contributed by atoms with Crippen molar-refractivity contribution in [2.24, 2.45) is 40.4 Å². The third-order valence-corrected chi connectivity index (χ3v) is 8.68. The fourth-order valence-electron chi connectivity index (χ4n) is 4.91. The lowest BCUT2D eigenvalue weighted by atomic mass is 9.60. The first-order valence-corrected chi connectivity index (χ1v) is 13.1. The normalized spacial score (nSPS) is 26.1. The highest BCUT2D eigenvalue weighted by atomic mass is 14.4. The second-order valence-electron chi connectivity index (χ2n) is 12.0. The highest BCUT2D eigenvalue weighted by Gasteiger charge is 2.39. The summed E-state index contributed by atoms with van der Waals surface area (Å²) in [4.78, 5) is 0.